The molecule has 1 atom stereocenters. The smallest absolute Gasteiger partial charge is 0.317 e. The molecular formula is C19H25N7O. The molecule has 3 heterocycles. The van der Waals surface area contributed by atoms with Gasteiger partial charge in [-0.3, -0.25) is 9.78 Å². The van der Waals surface area contributed by atoms with Gasteiger partial charge in [0.15, 0.2) is 5.82 Å². The number of piperidine rings is 1. The highest BCUT2D eigenvalue weighted by Crippen LogP contribution is 2.24. The standard InChI is InChI=1S/C19H25N7O/c1-12-6-7-17-15(9-12)16(24-25(17)3)10-20-19(27)26-8-4-5-14(11-26)18-21-13(2)22-23-18/h6-7,9,14H,4-5,8,10-11H2,1-3H3,(H,20,27)(H,21,22,23). The quantitative estimate of drug-likeness (QED) is 0.743. The largest absolute Gasteiger partial charge is 0.332 e. The first-order valence-corrected chi connectivity index (χ1v) is 9.35. The number of aryl methyl sites for hydroxylation is 3. The maximum absolute atomic E-state index is 12.7. The van der Waals surface area contributed by atoms with Crippen LogP contribution in [0.5, 0.6) is 0 Å². The van der Waals surface area contributed by atoms with E-state index in [0.29, 0.717) is 13.1 Å². The van der Waals surface area contributed by atoms with Gasteiger partial charge in [0.25, 0.3) is 0 Å². The molecule has 1 aliphatic rings. The molecule has 3 aromatic rings. The van der Waals surface area contributed by atoms with Gasteiger partial charge in [-0.05, 0) is 38.8 Å². The summed E-state index contributed by atoms with van der Waals surface area (Å²) in [5, 5.41) is 15.8. The molecule has 8 nitrogen and oxygen atoms in total. The van der Waals surface area contributed by atoms with E-state index in [9.17, 15) is 4.79 Å². The van der Waals surface area contributed by atoms with Crippen LogP contribution >= 0.6 is 0 Å². The topological polar surface area (TPSA) is 91.7 Å². The first kappa shape index (κ1) is 17.5. The molecule has 1 aliphatic heterocycles. The Morgan fingerprint density at radius 2 is 2.22 bits per heavy atom. The number of hydrogen-bond donors (Lipinski definition) is 2. The molecule has 2 N–H and O–H groups in total. The molecule has 0 radical (unpaired) electrons. The summed E-state index contributed by atoms with van der Waals surface area (Å²) in [5.74, 6) is 1.80. The molecule has 1 saturated heterocycles. The lowest BCUT2D eigenvalue weighted by Gasteiger charge is -2.31. The monoisotopic (exact) mass is 367 g/mol. The zero-order valence-electron chi connectivity index (χ0n) is 16.0. The molecule has 142 valence electrons. The lowest BCUT2D eigenvalue weighted by molar-refractivity contribution is 0.178. The van der Waals surface area contributed by atoms with E-state index in [1.54, 1.807) is 0 Å². The molecule has 2 amide bonds. The van der Waals surface area contributed by atoms with Crippen LogP contribution in [0, 0.1) is 13.8 Å². The third kappa shape index (κ3) is 3.51. The first-order chi connectivity index (χ1) is 13.0. The molecule has 0 spiro atoms. The van der Waals surface area contributed by atoms with Crippen LogP contribution in [0.1, 0.15) is 41.7 Å². The van der Waals surface area contributed by atoms with Gasteiger partial charge in [0.05, 0.1) is 17.8 Å². The van der Waals surface area contributed by atoms with Crippen LogP contribution < -0.4 is 5.32 Å². The molecule has 27 heavy (non-hydrogen) atoms. The minimum absolute atomic E-state index is 0.0570. The third-order valence-electron chi connectivity index (χ3n) is 5.18. The molecule has 0 bridgehead atoms. The lowest BCUT2D eigenvalue weighted by atomic mass is 9.98. The van der Waals surface area contributed by atoms with Gasteiger partial charge in [-0.2, -0.15) is 10.2 Å². The van der Waals surface area contributed by atoms with E-state index >= 15 is 0 Å². The Hall–Kier alpha value is -2.90. The fourth-order valence-electron chi connectivity index (χ4n) is 3.77. The number of fused-ring (bicyclic) bond motifs is 1. The second-order valence-corrected chi connectivity index (χ2v) is 7.31. The van der Waals surface area contributed by atoms with Crippen LogP contribution in [0.2, 0.25) is 0 Å². The molecule has 1 fully saturated rings. The van der Waals surface area contributed by atoms with Gasteiger partial charge in [-0.25, -0.2) is 9.78 Å². The van der Waals surface area contributed by atoms with Crippen LogP contribution in [0.15, 0.2) is 18.2 Å². The molecule has 0 saturated carbocycles. The molecule has 0 aliphatic carbocycles. The Bertz CT molecular complexity index is 974. The van der Waals surface area contributed by atoms with Crippen LogP contribution in [-0.2, 0) is 13.6 Å². The summed E-state index contributed by atoms with van der Waals surface area (Å²) >= 11 is 0. The van der Waals surface area contributed by atoms with Crippen molar-refractivity contribution in [3.8, 4) is 0 Å². The number of nitrogens with one attached hydrogen (secondary N) is 2. The van der Waals surface area contributed by atoms with E-state index in [2.05, 4.69) is 50.7 Å². The van der Waals surface area contributed by atoms with E-state index in [0.717, 1.165) is 47.6 Å². The predicted molar refractivity (Wildman–Crippen MR) is 102 cm³/mol. The molecule has 1 unspecified atom stereocenters. The number of H-pyrrole nitrogens is 1. The van der Waals surface area contributed by atoms with Crippen LogP contribution in [0.25, 0.3) is 10.9 Å². The Labute approximate surface area is 158 Å². The minimum Gasteiger partial charge on any atom is -0.332 e. The van der Waals surface area contributed by atoms with Crippen molar-refractivity contribution >= 4 is 16.9 Å². The van der Waals surface area contributed by atoms with Gasteiger partial charge in [0.1, 0.15) is 5.82 Å². The van der Waals surface area contributed by atoms with E-state index in [1.807, 2.05) is 23.6 Å². The number of likely N-dealkylation sites (tertiary alicyclic amines) is 1. The number of amides is 2. The number of nitrogens with zero attached hydrogens (tertiary/aromatic N) is 5. The molecule has 4 rings (SSSR count). The fourth-order valence-corrected chi connectivity index (χ4v) is 3.77. The summed E-state index contributed by atoms with van der Waals surface area (Å²) in [6, 6.07) is 6.20. The van der Waals surface area contributed by atoms with E-state index in [1.165, 1.54) is 5.56 Å². The average Bonchev–Trinajstić information content (AvgIpc) is 3.23. The number of urea groups is 1. The van der Waals surface area contributed by atoms with Crippen molar-refractivity contribution in [3.05, 3.63) is 41.1 Å². The summed E-state index contributed by atoms with van der Waals surface area (Å²) in [6.45, 7) is 5.77. The summed E-state index contributed by atoms with van der Waals surface area (Å²) in [7, 11) is 1.93. The minimum atomic E-state index is -0.0570. The molecular weight excluding hydrogens is 342 g/mol. The van der Waals surface area contributed by atoms with Crippen LogP contribution in [0.3, 0.4) is 0 Å². The molecule has 8 heteroatoms. The molecule has 2 aromatic heterocycles. The van der Waals surface area contributed by atoms with Gasteiger partial charge in [-0.15, -0.1) is 0 Å². The highest BCUT2D eigenvalue weighted by Gasteiger charge is 2.27. The van der Waals surface area contributed by atoms with Crippen molar-refractivity contribution in [1.29, 1.82) is 0 Å². The second-order valence-electron chi connectivity index (χ2n) is 7.31. The number of aromatic nitrogens is 5. The van der Waals surface area contributed by atoms with Crippen molar-refractivity contribution in [2.75, 3.05) is 13.1 Å². The Morgan fingerprint density at radius 3 is 3.00 bits per heavy atom. The van der Waals surface area contributed by atoms with Crippen molar-refractivity contribution < 1.29 is 4.79 Å². The van der Waals surface area contributed by atoms with Gasteiger partial charge < -0.3 is 10.2 Å². The normalized spacial score (nSPS) is 17.4. The summed E-state index contributed by atoms with van der Waals surface area (Å²) < 4.78 is 1.86. The van der Waals surface area contributed by atoms with Crippen LogP contribution in [0.4, 0.5) is 4.79 Å². The number of benzene rings is 1. The van der Waals surface area contributed by atoms with E-state index < -0.39 is 0 Å². The SMILES string of the molecule is Cc1ccc2c(c1)c(CNC(=O)N1CCCC(c3n[nH]c(C)n3)C1)nn2C. The van der Waals surface area contributed by atoms with Crippen molar-refractivity contribution in [1.82, 2.24) is 35.2 Å². The maximum atomic E-state index is 12.7. The Balaban J connectivity index is 1.43. The lowest BCUT2D eigenvalue weighted by Crippen LogP contribution is -2.44. The summed E-state index contributed by atoms with van der Waals surface area (Å²) in [4.78, 5) is 19.0. The molecule has 1 aromatic carbocycles. The summed E-state index contributed by atoms with van der Waals surface area (Å²) in [5.41, 5.74) is 3.15. The maximum Gasteiger partial charge on any atom is 0.317 e. The number of carbonyl (C=O) groups excluding carboxylic acids is 1. The highest BCUT2D eigenvalue weighted by atomic mass is 16.2. The number of carbonyl (C=O) groups is 1. The van der Waals surface area contributed by atoms with Crippen LogP contribution in [-0.4, -0.2) is 49.0 Å². The summed E-state index contributed by atoms with van der Waals surface area (Å²) in [6.07, 6.45) is 1.96. The predicted octanol–water partition coefficient (Wildman–Crippen LogP) is 2.40. The van der Waals surface area contributed by atoms with Gasteiger partial charge in [-0.1, -0.05) is 11.6 Å². The van der Waals surface area contributed by atoms with Crippen molar-refractivity contribution in [3.63, 3.8) is 0 Å². The number of hydrogen-bond acceptors (Lipinski definition) is 4. The third-order valence-corrected chi connectivity index (χ3v) is 5.18. The zero-order chi connectivity index (χ0) is 19.0. The van der Waals surface area contributed by atoms with Crippen molar-refractivity contribution in [2.45, 2.75) is 39.2 Å². The highest BCUT2D eigenvalue weighted by molar-refractivity contribution is 5.83. The second kappa shape index (κ2) is 7.02. The number of aromatic amines is 1. The Morgan fingerprint density at radius 1 is 1.37 bits per heavy atom. The first-order valence-electron chi connectivity index (χ1n) is 9.35. The number of rotatable bonds is 3. The average molecular weight is 367 g/mol. The van der Waals surface area contributed by atoms with Gasteiger partial charge in [0, 0.05) is 31.4 Å². The van der Waals surface area contributed by atoms with E-state index in [-0.39, 0.29) is 11.9 Å². The van der Waals surface area contributed by atoms with Crippen molar-refractivity contribution in [2.24, 2.45) is 7.05 Å². The van der Waals surface area contributed by atoms with Gasteiger partial charge >= 0.3 is 6.03 Å². The fraction of sp³-hybridized carbons (Fsp3) is 0.474. The zero-order valence-corrected chi connectivity index (χ0v) is 16.0. The Kier molecular flexibility index (Phi) is 4.55. The van der Waals surface area contributed by atoms with Gasteiger partial charge in [0.2, 0.25) is 0 Å². The van der Waals surface area contributed by atoms with E-state index in [4.69, 9.17) is 0 Å².